The Bertz CT molecular complexity index is 390. The molecule has 96 valence electrons. The molecule has 5 N–H and O–H groups in total. The summed E-state index contributed by atoms with van der Waals surface area (Å²) >= 11 is 0. The van der Waals surface area contributed by atoms with Crippen LogP contribution < -0.4 is 5.32 Å². The lowest BCUT2D eigenvalue weighted by Crippen LogP contribution is -2.36. The summed E-state index contributed by atoms with van der Waals surface area (Å²) in [7, 11) is 0. The molecule has 0 saturated carbocycles. The van der Waals surface area contributed by atoms with E-state index < -0.39 is 11.4 Å². The number of phenols is 3. The van der Waals surface area contributed by atoms with Gasteiger partial charge in [0.15, 0.2) is 11.5 Å². The van der Waals surface area contributed by atoms with Crippen LogP contribution in [-0.2, 0) is 6.54 Å². The van der Waals surface area contributed by atoms with Crippen LogP contribution in [0, 0.1) is 0 Å². The van der Waals surface area contributed by atoms with Gasteiger partial charge in [0.05, 0.1) is 5.60 Å². The van der Waals surface area contributed by atoms with E-state index in [1.165, 1.54) is 12.1 Å². The van der Waals surface area contributed by atoms with Crippen molar-refractivity contribution in [3.8, 4) is 17.2 Å². The molecule has 0 aliphatic rings. The summed E-state index contributed by atoms with van der Waals surface area (Å²) in [5.41, 5.74) is -0.332. The SMILES string of the molecule is CCC(C)(O)CNCc1ccc(O)c(O)c1O. The number of hydrogen-bond donors (Lipinski definition) is 5. The van der Waals surface area contributed by atoms with Crippen molar-refractivity contribution in [3.63, 3.8) is 0 Å². The number of aromatic hydroxyl groups is 3. The van der Waals surface area contributed by atoms with E-state index in [9.17, 15) is 15.3 Å². The van der Waals surface area contributed by atoms with Crippen molar-refractivity contribution >= 4 is 0 Å². The third-order valence-electron chi connectivity index (χ3n) is 2.80. The Labute approximate surface area is 100 Å². The van der Waals surface area contributed by atoms with Crippen molar-refractivity contribution < 1.29 is 20.4 Å². The minimum absolute atomic E-state index is 0.301. The van der Waals surface area contributed by atoms with E-state index in [-0.39, 0.29) is 11.5 Å². The van der Waals surface area contributed by atoms with Crippen molar-refractivity contribution in [1.29, 1.82) is 0 Å². The minimum Gasteiger partial charge on any atom is -0.504 e. The van der Waals surface area contributed by atoms with Crippen LogP contribution in [0.3, 0.4) is 0 Å². The Morgan fingerprint density at radius 3 is 2.41 bits per heavy atom. The lowest BCUT2D eigenvalue weighted by atomic mass is 10.0. The van der Waals surface area contributed by atoms with E-state index >= 15 is 0 Å². The molecule has 0 spiro atoms. The van der Waals surface area contributed by atoms with Crippen LogP contribution in [0.15, 0.2) is 12.1 Å². The van der Waals surface area contributed by atoms with Crippen LogP contribution in [0.2, 0.25) is 0 Å². The second-order valence-electron chi connectivity index (χ2n) is 4.40. The van der Waals surface area contributed by atoms with E-state index in [1.54, 1.807) is 6.92 Å². The average molecular weight is 241 g/mol. The Kier molecular flexibility index (Phi) is 4.20. The Morgan fingerprint density at radius 1 is 1.18 bits per heavy atom. The number of benzene rings is 1. The summed E-state index contributed by atoms with van der Waals surface area (Å²) < 4.78 is 0. The second kappa shape index (κ2) is 5.25. The largest absolute Gasteiger partial charge is 0.504 e. The van der Waals surface area contributed by atoms with Crippen molar-refractivity contribution in [2.45, 2.75) is 32.4 Å². The van der Waals surface area contributed by atoms with Crippen molar-refractivity contribution in [1.82, 2.24) is 5.32 Å². The van der Waals surface area contributed by atoms with Crippen LogP contribution in [0.4, 0.5) is 0 Å². The molecule has 0 aliphatic carbocycles. The topological polar surface area (TPSA) is 93.0 Å². The molecule has 0 radical (unpaired) electrons. The van der Waals surface area contributed by atoms with Gasteiger partial charge in [0.25, 0.3) is 0 Å². The normalized spacial score (nSPS) is 14.5. The molecule has 1 aromatic rings. The molecule has 1 unspecified atom stereocenters. The van der Waals surface area contributed by atoms with Crippen LogP contribution in [0.25, 0.3) is 0 Å². The molecule has 1 atom stereocenters. The maximum absolute atomic E-state index is 9.75. The van der Waals surface area contributed by atoms with Crippen molar-refractivity contribution in [2.24, 2.45) is 0 Å². The smallest absolute Gasteiger partial charge is 0.200 e. The van der Waals surface area contributed by atoms with Gasteiger partial charge in [-0.2, -0.15) is 0 Å². The Balaban J connectivity index is 2.62. The van der Waals surface area contributed by atoms with E-state index in [0.29, 0.717) is 25.1 Å². The fourth-order valence-electron chi connectivity index (χ4n) is 1.34. The zero-order valence-corrected chi connectivity index (χ0v) is 10.1. The number of hydrogen-bond acceptors (Lipinski definition) is 5. The zero-order valence-electron chi connectivity index (χ0n) is 10.1. The molecule has 0 amide bonds. The molecule has 5 heteroatoms. The lowest BCUT2D eigenvalue weighted by molar-refractivity contribution is 0.0555. The second-order valence-corrected chi connectivity index (χ2v) is 4.40. The minimum atomic E-state index is -0.797. The quantitative estimate of drug-likeness (QED) is 0.497. The highest BCUT2D eigenvalue weighted by atomic mass is 16.3. The molecule has 0 aromatic heterocycles. The van der Waals surface area contributed by atoms with Gasteiger partial charge in [-0.25, -0.2) is 0 Å². The predicted molar refractivity (Wildman–Crippen MR) is 64.1 cm³/mol. The van der Waals surface area contributed by atoms with E-state index in [0.717, 1.165) is 0 Å². The molecule has 0 heterocycles. The van der Waals surface area contributed by atoms with Crippen LogP contribution in [0.1, 0.15) is 25.8 Å². The summed E-state index contributed by atoms with van der Waals surface area (Å²) in [5.74, 6) is -1.22. The third-order valence-corrected chi connectivity index (χ3v) is 2.80. The first-order valence-corrected chi connectivity index (χ1v) is 5.53. The number of nitrogens with one attached hydrogen (secondary N) is 1. The zero-order chi connectivity index (χ0) is 13.1. The monoisotopic (exact) mass is 241 g/mol. The Hall–Kier alpha value is -1.46. The molecular weight excluding hydrogens is 222 g/mol. The number of rotatable bonds is 5. The highest BCUT2D eigenvalue weighted by Crippen LogP contribution is 2.36. The van der Waals surface area contributed by atoms with Crippen LogP contribution in [-0.4, -0.2) is 32.6 Å². The van der Waals surface area contributed by atoms with Gasteiger partial charge in [-0.1, -0.05) is 13.0 Å². The summed E-state index contributed by atoms with van der Waals surface area (Å²) in [6, 6.07) is 2.82. The third kappa shape index (κ3) is 3.51. The van der Waals surface area contributed by atoms with Gasteiger partial charge in [-0.15, -0.1) is 0 Å². The first-order chi connectivity index (χ1) is 7.87. The predicted octanol–water partition coefficient (Wildman–Crippen LogP) is 1.05. The van der Waals surface area contributed by atoms with Crippen molar-refractivity contribution in [2.75, 3.05) is 6.54 Å². The molecule has 0 aliphatic heterocycles. The molecular formula is C12H19NO4. The first kappa shape index (κ1) is 13.6. The fraction of sp³-hybridized carbons (Fsp3) is 0.500. The van der Waals surface area contributed by atoms with Gasteiger partial charge < -0.3 is 25.7 Å². The van der Waals surface area contributed by atoms with Gasteiger partial charge >= 0.3 is 0 Å². The lowest BCUT2D eigenvalue weighted by Gasteiger charge is -2.21. The number of aliphatic hydroxyl groups is 1. The summed E-state index contributed by atoms with van der Waals surface area (Å²) in [6.45, 7) is 4.28. The highest BCUT2D eigenvalue weighted by molar-refractivity contribution is 5.52. The molecule has 5 nitrogen and oxygen atoms in total. The van der Waals surface area contributed by atoms with Crippen molar-refractivity contribution in [3.05, 3.63) is 17.7 Å². The summed E-state index contributed by atoms with van der Waals surface area (Å²) in [5, 5.41) is 40.7. The van der Waals surface area contributed by atoms with Crippen LogP contribution >= 0.6 is 0 Å². The molecule has 0 saturated heterocycles. The first-order valence-electron chi connectivity index (χ1n) is 5.53. The number of phenolic OH excluding ortho intramolecular Hbond substituents is 3. The van der Waals surface area contributed by atoms with E-state index in [2.05, 4.69) is 5.32 Å². The highest BCUT2D eigenvalue weighted by Gasteiger charge is 2.17. The van der Waals surface area contributed by atoms with Gasteiger partial charge in [-0.3, -0.25) is 0 Å². The van der Waals surface area contributed by atoms with Gasteiger partial charge in [0.2, 0.25) is 5.75 Å². The molecule has 1 aromatic carbocycles. The maximum Gasteiger partial charge on any atom is 0.200 e. The molecule has 0 fully saturated rings. The van der Waals surface area contributed by atoms with E-state index in [1.807, 2.05) is 6.92 Å². The summed E-state index contributed by atoms with van der Waals surface area (Å²) in [4.78, 5) is 0. The average Bonchev–Trinajstić information content (AvgIpc) is 2.29. The fourth-order valence-corrected chi connectivity index (χ4v) is 1.34. The van der Waals surface area contributed by atoms with Gasteiger partial charge in [0.1, 0.15) is 0 Å². The standard InChI is InChI=1S/C12H19NO4/c1-3-12(2,17)7-13-6-8-4-5-9(14)11(16)10(8)15/h4-5,13-17H,3,6-7H2,1-2H3. The van der Waals surface area contributed by atoms with Gasteiger partial charge in [-0.05, 0) is 19.4 Å². The van der Waals surface area contributed by atoms with E-state index in [4.69, 9.17) is 5.11 Å². The summed E-state index contributed by atoms with van der Waals surface area (Å²) in [6.07, 6.45) is 0.618. The molecule has 1 rings (SSSR count). The maximum atomic E-state index is 9.75. The molecule has 0 bridgehead atoms. The van der Waals surface area contributed by atoms with Gasteiger partial charge in [0, 0.05) is 18.7 Å². The molecule has 17 heavy (non-hydrogen) atoms. The Morgan fingerprint density at radius 2 is 1.82 bits per heavy atom. The van der Waals surface area contributed by atoms with Crippen LogP contribution in [0.5, 0.6) is 17.2 Å².